The van der Waals surface area contributed by atoms with Crippen molar-refractivity contribution in [3.63, 3.8) is 0 Å². The molecule has 0 spiro atoms. The van der Waals surface area contributed by atoms with Gasteiger partial charge in [0.05, 0.1) is 11.6 Å². The van der Waals surface area contributed by atoms with Gasteiger partial charge in [0, 0.05) is 40.8 Å². The van der Waals surface area contributed by atoms with E-state index < -0.39 is 5.92 Å². The molecule has 5 nitrogen and oxygen atoms in total. The Morgan fingerprint density at radius 3 is 2.57 bits per heavy atom. The fourth-order valence-corrected chi connectivity index (χ4v) is 4.31. The van der Waals surface area contributed by atoms with Crippen LogP contribution in [-0.2, 0) is 9.59 Å². The number of amides is 1. The van der Waals surface area contributed by atoms with E-state index in [9.17, 15) is 14.0 Å². The van der Waals surface area contributed by atoms with Crippen LogP contribution in [0.1, 0.15) is 45.2 Å². The van der Waals surface area contributed by atoms with Crippen LogP contribution >= 0.6 is 0 Å². The number of rotatable bonds is 3. The van der Waals surface area contributed by atoms with Gasteiger partial charge in [-0.15, -0.1) is 0 Å². The first-order valence-corrected chi connectivity index (χ1v) is 9.97. The molecule has 30 heavy (non-hydrogen) atoms. The number of Topliss-reactive ketones (excluding diaryl/α,β-unsaturated/α-hetero) is 1. The molecule has 4 rings (SSSR count). The van der Waals surface area contributed by atoms with E-state index in [2.05, 4.69) is 29.5 Å². The maximum absolute atomic E-state index is 13.3. The average molecular weight is 405 g/mol. The lowest BCUT2D eigenvalue weighted by molar-refractivity contribution is -0.118. The normalized spacial score (nSPS) is 20.5. The van der Waals surface area contributed by atoms with E-state index in [-0.39, 0.29) is 22.9 Å². The Bertz CT molecular complexity index is 1070. The van der Waals surface area contributed by atoms with Gasteiger partial charge in [-0.05, 0) is 55.2 Å². The molecule has 2 heterocycles. The van der Waals surface area contributed by atoms with Crippen molar-refractivity contribution in [1.82, 2.24) is 10.3 Å². The molecule has 2 N–H and O–H groups in total. The fourth-order valence-electron chi connectivity index (χ4n) is 4.31. The van der Waals surface area contributed by atoms with Crippen molar-refractivity contribution in [1.29, 1.82) is 0 Å². The third-order valence-electron chi connectivity index (χ3n) is 5.57. The van der Waals surface area contributed by atoms with Gasteiger partial charge < -0.3 is 10.6 Å². The number of dihydropyridines is 1. The van der Waals surface area contributed by atoms with Crippen LogP contribution in [0.2, 0.25) is 0 Å². The number of ketones is 1. The molecule has 0 saturated carbocycles. The molecule has 0 saturated heterocycles. The first-order chi connectivity index (χ1) is 14.2. The second-order valence-corrected chi connectivity index (χ2v) is 8.65. The molecule has 2 aromatic rings. The minimum absolute atomic E-state index is 0.0315. The minimum atomic E-state index is -0.550. The number of carbonyl (C=O) groups excluding carboxylic acids is 2. The lowest BCUT2D eigenvalue weighted by Gasteiger charge is -2.39. The van der Waals surface area contributed by atoms with Crippen molar-refractivity contribution in [2.45, 2.75) is 39.5 Å². The Hall–Kier alpha value is -3.28. The molecule has 2 aliphatic rings. The number of pyridine rings is 1. The molecule has 1 unspecified atom stereocenters. The molecule has 1 aliphatic heterocycles. The quantitative estimate of drug-likeness (QED) is 0.791. The van der Waals surface area contributed by atoms with Crippen molar-refractivity contribution >= 4 is 17.4 Å². The van der Waals surface area contributed by atoms with Gasteiger partial charge in [-0.25, -0.2) is 4.39 Å². The molecule has 154 valence electrons. The Labute approximate surface area is 175 Å². The number of anilines is 1. The van der Waals surface area contributed by atoms with Crippen LogP contribution in [0, 0.1) is 11.2 Å². The van der Waals surface area contributed by atoms with Crippen LogP contribution in [-0.4, -0.2) is 16.7 Å². The molecular weight excluding hydrogens is 381 g/mol. The van der Waals surface area contributed by atoms with Gasteiger partial charge in [-0.2, -0.15) is 0 Å². The summed E-state index contributed by atoms with van der Waals surface area (Å²) in [4.78, 5) is 30.9. The number of aromatic nitrogens is 1. The van der Waals surface area contributed by atoms with Crippen molar-refractivity contribution in [2.75, 3.05) is 5.32 Å². The molecule has 1 atom stereocenters. The number of halogens is 1. The second kappa shape index (κ2) is 7.52. The van der Waals surface area contributed by atoms with Crippen molar-refractivity contribution in [3.05, 3.63) is 82.7 Å². The van der Waals surface area contributed by atoms with E-state index in [1.807, 2.05) is 19.1 Å². The zero-order chi connectivity index (χ0) is 21.5. The van der Waals surface area contributed by atoms with Crippen LogP contribution in [0.5, 0.6) is 0 Å². The molecule has 1 amide bonds. The first-order valence-electron chi connectivity index (χ1n) is 9.97. The third-order valence-corrected chi connectivity index (χ3v) is 5.57. The van der Waals surface area contributed by atoms with Crippen LogP contribution in [0.15, 0.2) is 71.2 Å². The molecule has 6 heteroatoms. The third kappa shape index (κ3) is 3.77. The summed E-state index contributed by atoms with van der Waals surface area (Å²) in [5, 5.41) is 6.15. The SMILES string of the molecule is CC1=C(C(=O)Nc2ccc(F)cc2)C(c2ccccn2)C2=C(CC(C)(C)CC2=O)N1. The van der Waals surface area contributed by atoms with Crippen LogP contribution in [0.3, 0.4) is 0 Å². The van der Waals surface area contributed by atoms with Gasteiger partial charge in [0.2, 0.25) is 0 Å². The number of hydrogen-bond donors (Lipinski definition) is 2. The Balaban J connectivity index is 1.78. The van der Waals surface area contributed by atoms with Crippen LogP contribution < -0.4 is 10.6 Å². The summed E-state index contributed by atoms with van der Waals surface area (Å²) in [6, 6.07) is 11.1. The zero-order valence-electron chi connectivity index (χ0n) is 17.3. The number of carbonyl (C=O) groups is 2. The van der Waals surface area contributed by atoms with Crippen molar-refractivity contribution < 1.29 is 14.0 Å². The average Bonchev–Trinajstić information content (AvgIpc) is 2.68. The summed E-state index contributed by atoms with van der Waals surface area (Å²) >= 11 is 0. The van der Waals surface area contributed by atoms with E-state index in [1.165, 1.54) is 24.3 Å². The summed E-state index contributed by atoms with van der Waals surface area (Å²) in [5.74, 6) is -1.23. The molecule has 1 aliphatic carbocycles. The number of hydrogen-bond acceptors (Lipinski definition) is 4. The maximum atomic E-state index is 13.3. The maximum Gasteiger partial charge on any atom is 0.254 e. The number of nitrogens with zero attached hydrogens (tertiary/aromatic N) is 1. The molecule has 0 radical (unpaired) electrons. The van der Waals surface area contributed by atoms with Gasteiger partial charge in [0.15, 0.2) is 5.78 Å². The van der Waals surface area contributed by atoms with Crippen molar-refractivity contribution in [3.8, 4) is 0 Å². The predicted molar refractivity (Wildman–Crippen MR) is 113 cm³/mol. The highest BCUT2D eigenvalue weighted by atomic mass is 19.1. The van der Waals surface area contributed by atoms with E-state index in [0.29, 0.717) is 34.6 Å². The number of allylic oxidation sites excluding steroid dienone is 3. The molecule has 1 aromatic carbocycles. The number of benzene rings is 1. The smallest absolute Gasteiger partial charge is 0.254 e. The summed E-state index contributed by atoms with van der Waals surface area (Å²) in [7, 11) is 0. The Morgan fingerprint density at radius 2 is 1.90 bits per heavy atom. The minimum Gasteiger partial charge on any atom is -0.362 e. The standard InChI is InChI=1S/C24H24FN3O2/c1-14-20(23(30)28-16-9-7-15(25)8-10-16)22(17-6-4-5-11-26-17)21-18(27-14)12-24(2,3)13-19(21)29/h4-11,22,27H,12-13H2,1-3H3,(H,28,30). The fraction of sp³-hybridized carbons (Fsp3) is 0.292. The molecular formula is C24H24FN3O2. The van der Waals surface area contributed by atoms with E-state index in [1.54, 1.807) is 12.3 Å². The van der Waals surface area contributed by atoms with Gasteiger partial charge in [0.25, 0.3) is 5.91 Å². The summed E-state index contributed by atoms with van der Waals surface area (Å²) in [6.07, 6.45) is 2.81. The summed E-state index contributed by atoms with van der Waals surface area (Å²) < 4.78 is 13.2. The second-order valence-electron chi connectivity index (χ2n) is 8.65. The van der Waals surface area contributed by atoms with Gasteiger partial charge in [-0.1, -0.05) is 19.9 Å². The largest absolute Gasteiger partial charge is 0.362 e. The van der Waals surface area contributed by atoms with E-state index >= 15 is 0 Å². The molecule has 1 aromatic heterocycles. The zero-order valence-corrected chi connectivity index (χ0v) is 17.3. The van der Waals surface area contributed by atoms with Gasteiger partial charge in [0.1, 0.15) is 5.82 Å². The van der Waals surface area contributed by atoms with Gasteiger partial charge >= 0.3 is 0 Å². The highest BCUT2D eigenvalue weighted by Gasteiger charge is 2.43. The highest BCUT2D eigenvalue weighted by Crippen LogP contribution is 2.46. The molecule has 0 bridgehead atoms. The predicted octanol–water partition coefficient (Wildman–Crippen LogP) is 4.46. The summed E-state index contributed by atoms with van der Waals surface area (Å²) in [5.41, 5.74) is 3.61. The number of nitrogens with one attached hydrogen (secondary N) is 2. The monoisotopic (exact) mass is 405 g/mol. The lowest BCUT2D eigenvalue weighted by Crippen LogP contribution is -2.39. The van der Waals surface area contributed by atoms with Crippen molar-refractivity contribution in [2.24, 2.45) is 5.41 Å². The van der Waals surface area contributed by atoms with E-state index in [0.717, 1.165) is 12.1 Å². The molecule has 0 fully saturated rings. The highest BCUT2D eigenvalue weighted by molar-refractivity contribution is 6.09. The Kier molecular flexibility index (Phi) is 5.02. The lowest BCUT2D eigenvalue weighted by atomic mass is 9.69. The summed E-state index contributed by atoms with van der Waals surface area (Å²) in [6.45, 7) is 5.98. The first kappa shape index (κ1) is 20.0. The topological polar surface area (TPSA) is 71.1 Å². The Morgan fingerprint density at radius 1 is 1.17 bits per heavy atom. The van der Waals surface area contributed by atoms with Crippen LogP contribution in [0.4, 0.5) is 10.1 Å². The van der Waals surface area contributed by atoms with Crippen LogP contribution in [0.25, 0.3) is 0 Å². The van der Waals surface area contributed by atoms with Gasteiger partial charge in [-0.3, -0.25) is 14.6 Å². The van der Waals surface area contributed by atoms with E-state index in [4.69, 9.17) is 0 Å².